The fraction of sp³-hybridized carbons (Fsp3) is 0.613. The molecule has 0 aliphatic heterocycles. The van der Waals surface area contributed by atoms with Crippen LogP contribution in [0.15, 0.2) is 59.2 Å². The van der Waals surface area contributed by atoms with Crippen LogP contribution in [-0.4, -0.2) is 11.2 Å². The van der Waals surface area contributed by atoms with Gasteiger partial charge in [0.15, 0.2) is 0 Å². The van der Waals surface area contributed by atoms with Gasteiger partial charge in [0.1, 0.15) is 0 Å². The van der Waals surface area contributed by atoms with Crippen LogP contribution < -0.4 is 0 Å². The van der Waals surface area contributed by atoms with E-state index in [0.29, 0.717) is 23.2 Å². The summed E-state index contributed by atoms with van der Waals surface area (Å²) in [4.78, 5) is 0. The van der Waals surface area contributed by atoms with Gasteiger partial charge in [-0.3, -0.25) is 0 Å². The lowest BCUT2D eigenvalue weighted by molar-refractivity contribution is -0.0904. The number of hydrogen-bond acceptors (Lipinski definition) is 1. The van der Waals surface area contributed by atoms with Crippen molar-refractivity contribution in [2.24, 2.45) is 34.0 Å². The zero-order chi connectivity index (χ0) is 22.7. The molecule has 4 aliphatic carbocycles. The summed E-state index contributed by atoms with van der Waals surface area (Å²) >= 11 is 0. The Labute approximate surface area is 195 Å². The number of fused-ring (bicyclic) bond motifs is 4. The molecule has 1 aromatic carbocycles. The fourth-order valence-corrected chi connectivity index (χ4v) is 8.47. The smallest absolute Gasteiger partial charge is 0.0594 e. The predicted octanol–water partition coefficient (Wildman–Crippen LogP) is 7.98. The number of hydrogen-bond donors (Lipinski definition) is 1. The molecule has 172 valence electrons. The fourth-order valence-electron chi connectivity index (χ4n) is 8.47. The third kappa shape index (κ3) is 3.22. The van der Waals surface area contributed by atoms with Crippen molar-refractivity contribution in [2.45, 2.75) is 85.7 Å². The van der Waals surface area contributed by atoms with Crippen molar-refractivity contribution < 1.29 is 5.11 Å². The lowest BCUT2D eigenvalue weighted by atomic mass is 9.46. The highest BCUT2D eigenvalue weighted by molar-refractivity contribution is 5.52. The molecule has 1 fully saturated rings. The van der Waals surface area contributed by atoms with Gasteiger partial charge in [-0.25, -0.2) is 0 Å². The van der Waals surface area contributed by atoms with Crippen molar-refractivity contribution in [1.82, 2.24) is 0 Å². The Hall–Kier alpha value is -1.60. The van der Waals surface area contributed by atoms with E-state index in [1.807, 2.05) is 0 Å². The summed E-state index contributed by atoms with van der Waals surface area (Å²) in [7, 11) is 0. The molecule has 0 heterocycles. The van der Waals surface area contributed by atoms with Gasteiger partial charge < -0.3 is 5.11 Å². The SMILES string of the molecule is C[C@H](C=Cc1ccccc1)[C@H]1CC=C2C3=C(CC[C@@]21C)[C@@]1(C)CC[C@H](O)C(C)(C)[C@@H]1CC3. The van der Waals surface area contributed by atoms with Crippen LogP contribution in [0.25, 0.3) is 6.08 Å². The van der Waals surface area contributed by atoms with Gasteiger partial charge in [0.25, 0.3) is 0 Å². The van der Waals surface area contributed by atoms with Crippen molar-refractivity contribution in [2.75, 3.05) is 0 Å². The van der Waals surface area contributed by atoms with Gasteiger partial charge >= 0.3 is 0 Å². The minimum Gasteiger partial charge on any atom is -0.393 e. The lowest BCUT2D eigenvalue weighted by Gasteiger charge is -2.59. The van der Waals surface area contributed by atoms with E-state index in [1.54, 1.807) is 16.7 Å². The van der Waals surface area contributed by atoms with Gasteiger partial charge in [0.05, 0.1) is 6.10 Å². The summed E-state index contributed by atoms with van der Waals surface area (Å²) in [6.45, 7) is 12.2. The number of rotatable bonds is 3. The maximum atomic E-state index is 10.8. The molecule has 1 nitrogen and oxygen atoms in total. The van der Waals surface area contributed by atoms with Crippen LogP contribution in [0, 0.1) is 34.0 Å². The van der Waals surface area contributed by atoms with Crippen LogP contribution >= 0.6 is 0 Å². The molecule has 32 heavy (non-hydrogen) atoms. The second-order valence-electron chi connectivity index (χ2n) is 12.3. The molecular formula is C31H42O. The van der Waals surface area contributed by atoms with E-state index in [2.05, 4.69) is 83.2 Å². The highest BCUT2D eigenvalue weighted by Crippen LogP contribution is 2.66. The van der Waals surface area contributed by atoms with E-state index in [1.165, 1.54) is 37.7 Å². The lowest BCUT2D eigenvalue weighted by Crippen LogP contribution is -2.53. The highest BCUT2D eigenvalue weighted by Gasteiger charge is 2.57. The summed E-state index contributed by atoms with van der Waals surface area (Å²) in [5.74, 6) is 1.88. The summed E-state index contributed by atoms with van der Waals surface area (Å²) < 4.78 is 0. The third-order valence-corrected chi connectivity index (χ3v) is 10.5. The molecule has 1 aromatic rings. The number of benzene rings is 1. The molecule has 0 aromatic heterocycles. The van der Waals surface area contributed by atoms with Gasteiger partial charge in [-0.05, 0) is 95.7 Å². The first-order chi connectivity index (χ1) is 15.2. The van der Waals surface area contributed by atoms with Crippen LogP contribution in [0.5, 0.6) is 0 Å². The summed E-state index contributed by atoms with van der Waals surface area (Å²) in [5, 5.41) is 10.8. The maximum Gasteiger partial charge on any atom is 0.0594 e. The van der Waals surface area contributed by atoms with E-state index < -0.39 is 0 Å². The largest absolute Gasteiger partial charge is 0.393 e. The number of allylic oxidation sites excluding steroid dienone is 5. The van der Waals surface area contributed by atoms with Crippen LogP contribution in [0.4, 0.5) is 0 Å². The molecule has 0 radical (unpaired) electrons. The van der Waals surface area contributed by atoms with E-state index in [0.717, 1.165) is 12.8 Å². The van der Waals surface area contributed by atoms with Gasteiger partial charge in [0, 0.05) is 0 Å². The topological polar surface area (TPSA) is 20.2 Å². The minimum absolute atomic E-state index is 0.0234. The second kappa shape index (κ2) is 7.73. The Morgan fingerprint density at radius 3 is 2.47 bits per heavy atom. The van der Waals surface area contributed by atoms with Crippen molar-refractivity contribution in [1.29, 1.82) is 0 Å². The molecule has 6 atom stereocenters. The zero-order valence-corrected chi connectivity index (χ0v) is 20.8. The zero-order valence-electron chi connectivity index (χ0n) is 20.8. The summed E-state index contributed by atoms with van der Waals surface area (Å²) in [6, 6.07) is 10.7. The van der Waals surface area contributed by atoms with E-state index in [9.17, 15) is 5.11 Å². The maximum absolute atomic E-state index is 10.8. The average Bonchev–Trinajstić information content (AvgIpc) is 3.13. The molecule has 0 spiro atoms. The average molecular weight is 431 g/mol. The molecule has 4 aliphatic rings. The Morgan fingerprint density at radius 1 is 0.969 bits per heavy atom. The van der Waals surface area contributed by atoms with Crippen molar-refractivity contribution in [3.05, 3.63) is 64.8 Å². The Kier molecular flexibility index (Phi) is 5.36. The van der Waals surface area contributed by atoms with Crippen LogP contribution in [-0.2, 0) is 0 Å². The van der Waals surface area contributed by atoms with Gasteiger partial charge in [-0.2, -0.15) is 0 Å². The van der Waals surface area contributed by atoms with Crippen LogP contribution in [0.3, 0.4) is 0 Å². The molecule has 0 amide bonds. The van der Waals surface area contributed by atoms with Crippen LogP contribution in [0.1, 0.15) is 85.1 Å². The van der Waals surface area contributed by atoms with E-state index in [4.69, 9.17) is 0 Å². The monoisotopic (exact) mass is 430 g/mol. The number of aliphatic hydroxyl groups is 1. The van der Waals surface area contributed by atoms with Crippen molar-refractivity contribution in [3.8, 4) is 0 Å². The summed E-state index contributed by atoms with van der Waals surface area (Å²) in [6.07, 6.45) is 15.6. The third-order valence-electron chi connectivity index (χ3n) is 10.5. The van der Waals surface area contributed by atoms with E-state index in [-0.39, 0.29) is 16.9 Å². The first kappa shape index (κ1) is 22.2. The minimum atomic E-state index is -0.149. The quantitative estimate of drug-likeness (QED) is 0.515. The Bertz CT molecular complexity index is 963. The van der Waals surface area contributed by atoms with Crippen molar-refractivity contribution in [3.63, 3.8) is 0 Å². The molecule has 1 N–H and O–H groups in total. The highest BCUT2D eigenvalue weighted by atomic mass is 16.3. The first-order valence-corrected chi connectivity index (χ1v) is 13.0. The molecular weight excluding hydrogens is 388 g/mol. The van der Waals surface area contributed by atoms with Crippen molar-refractivity contribution >= 4 is 6.08 Å². The molecule has 0 unspecified atom stereocenters. The second-order valence-corrected chi connectivity index (χ2v) is 12.3. The van der Waals surface area contributed by atoms with Crippen LogP contribution in [0.2, 0.25) is 0 Å². The molecule has 1 saturated carbocycles. The normalized spacial score (nSPS) is 39.3. The molecule has 5 rings (SSSR count). The predicted molar refractivity (Wildman–Crippen MR) is 135 cm³/mol. The number of aliphatic hydroxyl groups excluding tert-OH is 1. The van der Waals surface area contributed by atoms with Gasteiger partial charge in [-0.1, -0.05) is 88.8 Å². The van der Waals surface area contributed by atoms with Gasteiger partial charge in [0.2, 0.25) is 0 Å². The molecule has 0 saturated heterocycles. The summed E-state index contributed by atoms with van der Waals surface area (Å²) in [5.41, 5.74) is 7.11. The first-order valence-electron chi connectivity index (χ1n) is 13.0. The Morgan fingerprint density at radius 2 is 1.72 bits per heavy atom. The van der Waals surface area contributed by atoms with E-state index >= 15 is 0 Å². The Balaban J connectivity index is 1.42. The molecule has 0 bridgehead atoms. The molecule has 1 heteroatoms. The van der Waals surface area contributed by atoms with Gasteiger partial charge in [-0.15, -0.1) is 0 Å². The standard InChI is InChI=1S/C31H42O/c1-21(11-12-22-9-7-6-8-10-22)24-14-15-25-23-13-16-27-29(2,3)28(32)18-20-31(27,5)26(23)17-19-30(24,25)4/h6-12,15,21,24,27-28,32H,13-14,16-20H2,1-5H3/t21-,24-,27+,28+,30-,31-/m1/s1.